The summed E-state index contributed by atoms with van der Waals surface area (Å²) in [5, 5.41) is 60.2. The quantitative estimate of drug-likeness (QED) is 0.158. The van der Waals surface area contributed by atoms with E-state index in [1.54, 1.807) is 72.8 Å². The van der Waals surface area contributed by atoms with Crippen molar-refractivity contribution in [1.82, 2.24) is 29.9 Å². The molecule has 0 spiro atoms. The van der Waals surface area contributed by atoms with Crippen LogP contribution in [0.4, 0.5) is 0 Å². The Morgan fingerprint density at radius 1 is 0.273 bits per heavy atom. The number of pyridine rings is 6. The molecule has 282 valence electrons. The molecule has 0 fully saturated rings. The number of carboxylic acid groups (broad SMARTS) is 6. The van der Waals surface area contributed by atoms with Crippen LogP contribution in [-0.2, 0) is 21.1 Å². The molecule has 0 aliphatic carbocycles. The van der Waals surface area contributed by atoms with E-state index in [1.807, 2.05) is 0 Å². The molecule has 0 bridgehead atoms. The van der Waals surface area contributed by atoms with E-state index in [2.05, 4.69) is 29.9 Å². The monoisotopic (exact) mass is 916 g/mol. The van der Waals surface area contributed by atoms with E-state index >= 15 is 0 Å². The molecule has 6 rings (SSSR count). The minimum absolute atomic E-state index is 0. The predicted molar refractivity (Wildman–Crippen MR) is 171 cm³/mol. The van der Waals surface area contributed by atoms with Gasteiger partial charge in [-0.2, -0.15) is 0 Å². The van der Waals surface area contributed by atoms with Crippen LogP contribution >= 0.6 is 0 Å². The molecule has 0 aliphatic heterocycles. The van der Waals surface area contributed by atoms with Crippen molar-refractivity contribution in [2.75, 3.05) is 0 Å². The van der Waals surface area contributed by atoms with Crippen molar-refractivity contribution < 1.29 is 80.5 Å². The number of carbonyl (C=O) groups is 6. The van der Waals surface area contributed by atoms with Gasteiger partial charge in [0.25, 0.3) is 0 Å². The zero-order valence-electron chi connectivity index (χ0n) is 27.8. The summed E-state index contributed by atoms with van der Waals surface area (Å²) >= 11 is 0. The van der Waals surface area contributed by atoms with Gasteiger partial charge < -0.3 is 59.4 Å². The van der Waals surface area contributed by atoms with E-state index in [4.69, 9.17) is 0 Å². The molecular formula is C36H24N6O12W-6. The fourth-order valence-corrected chi connectivity index (χ4v) is 2.90. The average Bonchev–Trinajstić information content (AvgIpc) is 3.21. The fourth-order valence-electron chi connectivity index (χ4n) is 2.90. The first-order valence-corrected chi connectivity index (χ1v) is 14.6. The van der Waals surface area contributed by atoms with Crippen LogP contribution in [0.25, 0.3) is 0 Å². The van der Waals surface area contributed by atoms with Gasteiger partial charge in [-0.25, -0.2) is 0 Å². The van der Waals surface area contributed by atoms with E-state index < -0.39 is 35.8 Å². The summed E-state index contributed by atoms with van der Waals surface area (Å²) < 4.78 is 0. The van der Waals surface area contributed by atoms with Crippen LogP contribution in [0, 0.1) is 0 Å². The minimum atomic E-state index is -1.24. The number of aromatic carboxylic acids is 6. The Kier molecular flexibility index (Phi) is 24.2. The van der Waals surface area contributed by atoms with Crippen molar-refractivity contribution in [2.24, 2.45) is 0 Å². The summed E-state index contributed by atoms with van der Waals surface area (Å²) in [6.45, 7) is 0. The second kappa shape index (κ2) is 28.0. The molecule has 0 saturated carbocycles. The Bertz CT molecular complexity index is 1640. The number of nitrogens with zero attached hydrogens (tertiary/aromatic N) is 6. The van der Waals surface area contributed by atoms with Crippen molar-refractivity contribution in [3.8, 4) is 0 Å². The third-order valence-electron chi connectivity index (χ3n) is 5.24. The molecule has 6 heterocycles. The average molecular weight is 916 g/mol. The summed E-state index contributed by atoms with van der Waals surface area (Å²) in [5.74, 6) is -7.44. The normalized spacial score (nSPS) is 8.73. The maximum Gasteiger partial charge on any atom is 0.0899 e. The van der Waals surface area contributed by atoms with Gasteiger partial charge in [0.1, 0.15) is 0 Å². The number of hydrogen-bond acceptors (Lipinski definition) is 18. The van der Waals surface area contributed by atoms with Crippen LogP contribution < -0.4 is 30.6 Å². The number of aromatic nitrogens is 6. The van der Waals surface area contributed by atoms with E-state index in [1.165, 1.54) is 73.6 Å². The Morgan fingerprint density at radius 2 is 0.400 bits per heavy atom. The van der Waals surface area contributed by atoms with Crippen molar-refractivity contribution >= 4 is 35.8 Å². The molecule has 6 aromatic heterocycles. The molecule has 0 N–H and O–H groups in total. The van der Waals surface area contributed by atoms with Gasteiger partial charge >= 0.3 is 0 Å². The maximum atomic E-state index is 10.0. The summed E-state index contributed by atoms with van der Waals surface area (Å²) in [6, 6.07) is 27.7. The van der Waals surface area contributed by atoms with Crippen molar-refractivity contribution in [3.05, 3.63) is 181 Å². The topological polar surface area (TPSA) is 318 Å². The Morgan fingerprint density at radius 3 is 0.455 bits per heavy atom. The van der Waals surface area contributed by atoms with Crippen LogP contribution in [0.1, 0.15) is 62.9 Å². The number of rotatable bonds is 6. The summed E-state index contributed by atoms with van der Waals surface area (Å²) in [6.07, 6.45) is 8.45. The number of carbonyl (C=O) groups excluding carboxylic acids is 6. The van der Waals surface area contributed by atoms with Crippen molar-refractivity contribution in [2.45, 2.75) is 0 Å². The Hall–Kier alpha value is -7.59. The first-order valence-electron chi connectivity index (χ1n) is 14.6. The Balaban J connectivity index is 0.000000634. The van der Waals surface area contributed by atoms with E-state index in [9.17, 15) is 59.4 Å². The van der Waals surface area contributed by atoms with Crippen LogP contribution in [0.2, 0.25) is 0 Å². The molecule has 0 unspecified atom stereocenters. The van der Waals surface area contributed by atoms with Gasteiger partial charge in [0.05, 0.1) is 70.0 Å². The molecule has 18 nitrogen and oxygen atoms in total. The molecule has 0 aromatic carbocycles. The van der Waals surface area contributed by atoms with Crippen molar-refractivity contribution in [1.29, 1.82) is 0 Å². The molecule has 0 atom stereocenters. The predicted octanol–water partition coefficient (Wildman–Crippen LogP) is -3.33. The second-order valence-corrected chi connectivity index (χ2v) is 9.01. The van der Waals surface area contributed by atoms with Crippen molar-refractivity contribution in [3.63, 3.8) is 0 Å². The molecule has 0 amide bonds. The van der Waals surface area contributed by atoms with E-state index in [-0.39, 0.29) is 55.2 Å². The molecule has 6 aromatic rings. The maximum absolute atomic E-state index is 10.0. The van der Waals surface area contributed by atoms with E-state index in [0.29, 0.717) is 0 Å². The summed E-state index contributed by atoms with van der Waals surface area (Å²) in [7, 11) is 0. The molecule has 0 radical (unpaired) electrons. The first kappa shape index (κ1) is 47.4. The van der Waals surface area contributed by atoms with Gasteiger partial charge in [-0.1, -0.05) is 36.4 Å². The summed E-state index contributed by atoms with van der Waals surface area (Å²) in [4.78, 5) is 81.3. The van der Waals surface area contributed by atoms with Gasteiger partial charge in [0.2, 0.25) is 0 Å². The molecule has 19 heteroatoms. The molecule has 0 aliphatic rings. The SMILES string of the molecule is O=C([O-])c1ccccn1.O=C([O-])c1ccccn1.O=C([O-])c1ccccn1.O=C([O-])c1ccccn1.O=C([O-])c1ccccn1.O=C([O-])c1ccccn1.[W]. The zero-order chi connectivity index (χ0) is 40.1. The smallest absolute Gasteiger partial charge is 0.0899 e. The van der Waals surface area contributed by atoms with Gasteiger partial charge in [-0.05, 0) is 72.8 Å². The number of carboxylic acids is 6. The standard InChI is InChI=1S/6C6H5NO2.W/c6*8-6(9)5-3-1-2-4-7-5;/h6*1-4H,(H,8,9);/p-6. The van der Waals surface area contributed by atoms with Crippen LogP contribution in [0.15, 0.2) is 146 Å². The van der Waals surface area contributed by atoms with Gasteiger partial charge in [-0.3, -0.25) is 29.9 Å². The van der Waals surface area contributed by atoms with Gasteiger partial charge in [0.15, 0.2) is 0 Å². The van der Waals surface area contributed by atoms with Gasteiger partial charge in [-0.15, -0.1) is 0 Å². The molecule has 55 heavy (non-hydrogen) atoms. The number of hydrogen-bond donors (Lipinski definition) is 0. The third-order valence-corrected chi connectivity index (χ3v) is 5.24. The van der Waals surface area contributed by atoms with E-state index in [0.717, 1.165) is 0 Å². The van der Waals surface area contributed by atoms with Crippen LogP contribution in [-0.4, -0.2) is 65.7 Å². The third kappa shape index (κ3) is 22.1. The second-order valence-electron chi connectivity index (χ2n) is 9.01. The van der Waals surface area contributed by atoms with Gasteiger partial charge in [0, 0.05) is 58.2 Å². The van der Waals surface area contributed by atoms with Crippen LogP contribution in [0.5, 0.6) is 0 Å². The van der Waals surface area contributed by atoms with Crippen LogP contribution in [0.3, 0.4) is 0 Å². The minimum Gasteiger partial charge on any atom is -0.543 e. The zero-order valence-corrected chi connectivity index (χ0v) is 30.8. The fraction of sp³-hybridized carbons (Fsp3) is 0. The summed E-state index contributed by atoms with van der Waals surface area (Å²) in [5.41, 5.74) is -0.181. The largest absolute Gasteiger partial charge is 0.543 e. The Labute approximate surface area is 325 Å². The first-order chi connectivity index (χ1) is 25.8. The molecular weight excluding hydrogens is 892 g/mol. The molecule has 0 saturated heterocycles.